The van der Waals surface area contributed by atoms with Crippen LogP contribution < -0.4 is 10.6 Å². The number of aryl methyl sites for hydroxylation is 1. The van der Waals surface area contributed by atoms with Gasteiger partial charge in [0.05, 0.1) is 0 Å². The van der Waals surface area contributed by atoms with Crippen LogP contribution in [0.5, 0.6) is 0 Å². The van der Waals surface area contributed by atoms with Gasteiger partial charge in [-0.15, -0.1) is 0 Å². The van der Waals surface area contributed by atoms with Crippen molar-refractivity contribution in [1.29, 1.82) is 0 Å². The molecule has 2 N–H and O–H groups in total. The summed E-state index contributed by atoms with van der Waals surface area (Å²) in [7, 11) is 0. The van der Waals surface area contributed by atoms with E-state index in [0.29, 0.717) is 5.56 Å². The summed E-state index contributed by atoms with van der Waals surface area (Å²) in [5.41, 5.74) is 1.64. The van der Waals surface area contributed by atoms with Crippen LogP contribution in [0.3, 0.4) is 0 Å². The Morgan fingerprint density at radius 3 is 2.44 bits per heavy atom. The number of nitrogens with one attached hydrogen (secondary N) is 2. The monoisotopic (exact) mass is 224 g/mol. The predicted molar refractivity (Wildman–Crippen MR) is 67.4 cm³/mol. The Bertz CT molecular complexity index is 342. The minimum atomic E-state index is -0.159. The fraction of sp³-hybridized carbons (Fsp3) is 0.538. The van der Waals surface area contributed by atoms with Crippen LogP contribution in [0.25, 0.3) is 0 Å². The van der Waals surface area contributed by atoms with E-state index in [1.807, 2.05) is 6.07 Å². The highest BCUT2D eigenvalue weighted by Crippen LogP contribution is 2.12. The molecule has 0 spiro atoms. The van der Waals surface area contributed by atoms with Crippen molar-refractivity contribution in [2.45, 2.75) is 33.2 Å². The Balaban J connectivity index is 2.35. The van der Waals surface area contributed by atoms with E-state index < -0.39 is 0 Å². The third-order valence-electron chi connectivity index (χ3n) is 2.28. The minimum Gasteiger partial charge on any atom is -0.384 e. The third kappa shape index (κ3) is 4.62. The van der Waals surface area contributed by atoms with E-state index >= 15 is 0 Å². The second kappa shape index (κ2) is 5.30. The van der Waals surface area contributed by atoms with Crippen LogP contribution in [0, 0.1) is 12.7 Å². The van der Waals surface area contributed by atoms with Gasteiger partial charge in [0.15, 0.2) is 0 Å². The van der Waals surface area contributed by atoms with Crippen LogP contribution in [0.15, 0.2) is 18.2 Å². The van der Waals surface area contributed by atoms with Crippen molar-refractivity contribution < 1.29 is 4.39 Å². The van der Waals surface area contributed by atoms with E-state index in [-0.39, 0.29) is 11.4 Å². The number of hydrogen-bond acceptors (Lipinski definition) is 2. The third-order valence-corrected chi connectivity index (χ3v) is 2.28. The average molecular weight is 224 g/mol. The van der Waals surface area contributed by atoms with Crippen LogP contribution in [0.2, 0.25) is 0 Å². The number of rotatable bonds is 4. The van der Waals surface area contributed by atoms with Crippen molar-refractivity contribution >= 4 is 5.69 Å². The number of halogens is 1. The van der Waals surface area contributed by atoms with Gasteiger partial charge >= 0.3 is 0 Å². The summed E-state index contributed by atoms with van der Waals surface area (Å²) >= 11 is 0. The van der Waals surface area contributed by atoms with Crippen molar-refractivity contribution in [2.24, 2.45) is 0 Å². The van der Waals surface area contributed by atoms with E-state index in [9.17, 15) is 4.39 Å². The Labute approximate surface area is 97.3 Å². The Hall–Kier alpha value is -1.09. The fourth-order valence-corrected chi connectivity index (χ4v) is 1.35. The average Bonchev–Trinajstić information content (AvgIpc) is 2.17. The molecule has 2 nitrogen and oxygen atoms in total. The summed E-state index contributed by atoms with van der Waals surface area (Å²) in [6.45, 7) is 9.79. The molecule has 0 saturated carbocycles. The largest absolute Gasteiger partial charge is 0.384 e. The number of anilines is 1. The number of hydrogen-bond donors (Lipinski definition) is 2. The highest BCUT2D eigenvalue weighted by molar-refractivity contribution is 5.45. The van der Waals surface area contributed by atoms with Crippen molar-refractivity contribution in [2.75, 3.05) is 18.4 Å². The number of benzene rings is 1. The molecule has 0 fully saturated rings. The Kier molecular flexibility index (Phi) is 4.30. The van der Waals surface area contributed by atoms with Crippen molar-refractivity contribution in [3.63, 3.8) is 0 Å². The van der Waals surface area contributed by atoms with E-state index in [2.05, 4.69) is 31.4 Å². The lowest BCUT2D eigenvalue weighted by atomic mass is 10.1. The molecule has 90 valence electrons. The zero-order valence-electron chi connectivity index (χ0n) is 10.5. The molecule has 0 amide bonds. The quantitative estimate of drug-likeness (QED) is 0.768. The molecule has 1 aromatic rings. The maximum absolute atomic E-state index is 13.2. The molecule has 0 aliphatic heterocycles. The standard InChI is InChI=1S/C13H21FN2/c1-10-5-6-11(9-12(10)14)15-7-8-16-13(2,3)4/h5-6,9,15-16H,7-8H2,1-4H3. The summed E-state index contributed by atoms with van der Waals surface area (Å²) in [5, 5.41) is 6.54. The zero-order chi connectivity index (χ0) is 12.2. The predicted octanol–water partition coefficient (Wildman–Crippen LogP) is 2.93. The van der Waals surface area contributed by atoms with Gasteiger partial charge in [-0.25, -0.2) is 4.39 Å². The molecule has 0 bridgehead atoms. The SMILES string of the molecule is Cc1ccc(NCCNC(C)(C)C)cc1F. The van der Waals surface area contributed by atoms with Gasteiger partial charge in [0, 0.05) is 24.3 Å². The van der Waals surface area contributed by atoms with Crippen LogP contribution in [-0.2, 0) is 0 Å². The van der Waals surface area contributed by atoms with E-state index in [0.717, 1.165) is 18.8 Å². The van der Waals surface area contributed by atoms with Gasteiger partial charge in [0.2, 0.25) is 0 Å². The molecular weight excluding hydrogens is 203 g/mol. The summed E-state index contributed by atoms with van der Waals surface area (Å²) in [4.78, 5) is 0. The van der Waals surface area contributed by atoms with Crippen LogP contribution in [0.1, 0.15) is 26.3 Å². The summed E-state index contributed by atoms with van der Waals surface area (Å²) in [5.74, 6) is -0.159. The second-order valence-corrected chi connectivity index (χ2v) is 5.07. The van der Waals surface area contributed by atoms with E-state index in [1.165, 1.54) is 6.07 Å². The first kappa shape index (κ1) is 13.0. The molecule has 0 atom stereocenters. The maximum Gasteiger partial charge on any atom is 0.128 e. The highest BCUT2D eigenvalue weighted by Gasteiger charge is 2.07. The van der Waals surface area contributed by atoms with Gasteiger partial charge in [-0.1, -0.05) is 6.07 Å². The molecule has 0 saturated heterocycles. The lowest BCUT2D eigenvalue weighted by molar-refractivity contribution is 0.435. The van der Waals surface area contributed by atoms with Gasteiger partial charge < -0.3 is 10.6 Å². The summed E-state index contributed by atoms with van der Waals surface area (Å²) in [6, 6.07) is 5.22. The molecule has 0 unspecified atom stereocenters. The highest BCUT2D eigenvalue weighted by atomic mass is 19.1. The van der Waals surface area contributed by atoms with Crippen LogP contribution in [-0.4, -0.2) is 18.6 Å². The van der Waals surface area contributed by atoms with Crippen molar-refractivity contribution in [3.8, 4) is 0 Å². The molecule has 16 heavy (non-hydrogen) atoms. The van der Waals surface area contributed by atoms with Crippen LogP contribution in [0.4, 0.5) is 10.1 Å². The molecule has 0 aliphatic carbocycles. The van der Waals surface area contributed by atoms with Gasteiger partial charge in [0.1, 0.15) is 5.82 Å². The first-order valence-corrected chi connectivity index (χ1v) is 5.63. The van der Waals surface area contributed by atoms with Gasteiger partial charge in [0.25, 0.3) is 0 Å². The molecular formula is C13H21FN2. The summed E-state index contributed by atoms with van der Waals surface area (Å²) in [6.07, 6.45) is 0. The van der Waals surface area contributed by atoms with Gasteiger partial charge in [-0.3, -0.25) is 0 Å². The molecule has 0 heterocycles. The topological polar surface area (TPSA) is 24.1 Å². The molecule has 3 heteroatoms. The first-order chi connectivity index (χ1) is 7.38. The first-order valence-electron chi connectivity index (χ1n) is 5.63. The molecule has 0 aliphatic rings. The zero-order valence-corrected chi connectivity index (χ0v) is 10.5. The molecule has 1 aromatic carbocycles. The minimum absolute atomic E-state index is 0.125. The van der Waals surface area contributed by atoms with Gasteiger partial charge in [-0.2, -0.15) is 0 Å². The summed E-state index contributed by atoms with van der Waals surface area (Å²) < 4.78 is 13.2. The Morgan fingerprint density at radius 1 is 1.19 bits per heavy atom. The lowest BCUT2D eigenvalue weighted by Gasteiger charge is -2.20. The normalized spacial score (nSPS) is 11.6. The van der Waals surface area contributed by atoms with Crippen LogP contribution >= 0.6 is 0 Å². The van der Waals surface area contributed by atoms with Gasteiger partial charge in [-0.05, 0) is 45.4 Å². The lowest BCUT2D eigenvalue weighted by Crippen LogP contribution is -2.38. The molecule has 0 aromatic heterocycles. The molecule has 1 rings (SSSR count). The van der Waals surface area contributed by atoms with Crippen molar-refractivity contribution in [1.82, 2.24) is 5.32 Å². The smallest absolute Gasteiger partial charge is 0.128 e. The molecule has 0 radical (unpaired) electrons. The maximum atomic E-state index is 13.2. The fourth-order valence-electron chi connectivity index (χ4n) is 1.35. The second-order valence-electron chi connectivity index (χ2n) is 5.07. The van der Waals surface area contributed by atoms with E-state index in [4.69, 9.17) is 0 Å². The van der Waals surface area contributed by atoms with E-state index in [1.54, 1.807) is 13.0 Å². The Morgan fingerprint density at radius 2 is 1.88 bits per heavy atom. The van der Waals surface area contributed by atoms with Crippen molar-refractivity contribution in [3.05, 3.63) is 29.6 Å².